The Morgan fingerprint density at radius 2 is 2.17 bits per heavy atom. The maximum atomic E-state index is 11.8. The summed E-state index contributed by atoms with van der Waals surface area (Å²) in [5.41, 5.74) is 2.06. The van der Waals surface area contributed by atoms with Gasteiger partial charge in [-0.2, -0.15) is 0 Å². The number of amides is 1. The molecule has 1 N–H and O–H groups in total. The van der Waals surface area contributed by atoms with Crippen LogP contribution in [0, 0.1) is 5.41 Å². The molecule has 1 heterocycles. The van der Waals surface area contributed by atoms with Crippen LogP contribution in [0.2, 0.25) is 0 Å². The van der Waals surface area contributed by atoms with Gasteiger partial charge in [0.2, 0.25) is 5.91 Å². The second-order valence-electron chi connectivity index (χ2n) is 5.25. The summed E-state index contributed by atoms with van der Waals surface area (Å²) in [5.74, 6) is 0.398. The fourth-order valence-corrected chi connectivity index (χ4v) is 2.29. The van der Waals surface area contributed by atoms with Crippen LogP contribution in [0.25, 0.3) is 0 Å². The Morgan fingerprint density at radius 3 is 2.83 bits per heavy atom. The minimum Gasteiger partial charge on any atom is -0.325 e. The summed E-state index contributed by atoms with van der Waals surface area (Å²) in [6, 6.07) is 5.40. The Balaban J connectivity index is 2.33. The van der Waals surface area contributed by atoms with Crippen LogP contribution < -0.4 is 5.32 Å². The van der Waals surface area contributed by atoms with Crippen molar-refractivity contribution in [2.24, 2.45) is 5.41 Å². The Bertz CT molecular complexity index is 509. The minimum absolute atomic E-state index is 0.0230. The summed E-state index contributed by atoms with van der Waals surface area (Å²) in [5, 5.41) is 2.87. The van der Waals surface area contributed by atoms with Crippen molar-refractivity contribution in [3.63, 3.8) is 0 Å². The second kappa shape index (κ2) is 4.73. The van der Waals surface area contributed by atoms with Gasteiger partial charge in [0.1, 0.15) is 0 Å². The van der Waals surface area contributed by atoms with Crippen molar-refractivity contribution in [1.82, 2.24) is 0 Å². The molecule has 3 nitrogen and oxygen atoms in total. The largest absolute Gasteiger partial charge is 0.325 e. The first-order chi connectivity index (χ1) is 8.44. The number of hydrogen-bond acceptors (Lipinski definition) is 2. The molecule has 96 valence electrons. The highest BCUT2D eigenvalue weighted by molar-refractivity contribution is 6.19. The van der Waals surface area contributed by atoms with Gasteiger partial charge in [0.15, 0.2) is 5.78 Å². The van der Waals surface area contributed by atoms with Gasteiger partial charge < -0.3 is 5.32 Å². The van der Waals surface area contributed by atoms with Crippen molar-refractivity contribution >= 4 is 29.0 Å². The van der Waals surface area contributed by atoms with E-state index in [9.17, 15) is 9.59 Å². The first kappa shape index (κ1) is 13.1. The molecule has 1 aliphatic rings. The zero-order valence-electron chi connectivity index (χ0n) is 10.5. The van der Waals surface area contributed by atoms with E-state index in [2.05, 4.69) is 5.32 Å². The average molecular weight is 266 g/mol. The molecule has 0 aliphatic carbocycles. The lowest BCUT2D eigenvalue weighted by atomic mass is 9.81. The summed E-state index contributed by atoms with van der Waals surface area (Å²) in [7, 11) is 0. The Labute approximate surface area is 112 Å². The normalized spacial score (nSPS) is 16.9. The number of anilines is 1. The van der Waals surface area contributed by atoms with E-state index in [-0.39, 0.29) is 11.7 Å². The molecular weight excluding hydrogens is 250 g/mol. The maximum absolute atomic E-state index is 11.8. The van der Waals surface area contributed by atoms with Gasteiger partial charge in [-0.3, -0.25) is 9.59 Å². The van der Waals surface area contributed by atoms with Crippen LogP contribution in [0.15, 0.2) is 18.2 Å². The smallest absolute Gasteiger partial charge is 0.230 e. The standard InChI is InChI=1S/C14H16ClNO2/c1-14(2)8-10-7-9(12(17)5-6-15)3-4-11(10)16-13(14)18/h3-4,7H,5-6,8H2,1-2H3,(H,16,18). The predicted molar refractivity (Wildman–Crippen MR) is 72.2 cm³/mol. The van der Waals surface area contributed by atoms with E-state index in [1.165, 1.54) is 0 Å². The summed E-state index contributed by atoms with van der Waals surface area (Å²) >= 11 is 5.58. The topological polar surface area (TPSA) is 46.2 Å². The molecule has 1 aromatic rings. The third kappa shape index (κ3) is 2.41. The van der Waals surface area contributed by atoms with Crippen LogP contribution in [-0.4, -0.2) is 17.6 Å². The van der Waals surface area contributed by atoms with Crippen molar-refractivity contribution in [3.8, 4) is 0 Å². The lowest BCUT2D eigenvalue weighted by Crippen LogP contribution is -2.37. The fourth-order valence-electron chi connectivity index (χ4n) is 2.11. The van der Waals surface area contributed by atoms with Crippen molar-refractivity contribution in [2.75, 3.05) is 11.2 Å². The van der Waals surface area contributed by atoms with Gasteiger partial charge in [0.05, 0.1) is 0 Å². The highest BCUT2D eigenvalue weighted by atomic mass is 35.5. The van der Waals surface area contributed by atoms with Crippen LogP contribution in [0.1, 0.15) is 36.2 Å². The minimum atomic E-state index is -0.429. The number of carbonyl (C=O) groups excluding carboxylic acids is 2. The number of fused-ring (bicyclic) bond motifs is 1. The van der Waals surface area contributed by atoms with Gasteiger partial charge in [0.25, 0.3) is 0 Å². The van der Waals surface area contributed by atoms with E-state index in [4.69, 9.17) is 11.6 Å². The van der Waals surface area contributed by atoms with Gasteiger partial charge >= 0.3 is 0 Å². The van der Waals surface area contributed by atoms with Gasteiger partial charge in [-0.1, -0.05) is 13.8 Å². The number of carbonyl (C=O) groups is 2. The molecule has 4 heteroatoms. The Morgan fingerprint density at radius 1 is 1.44 bits per heavy atom. The zero-order valence-corrected chi connectivity index (χ0v) is 11.3. The summed E-state index contributed by atoms with van der Waals surface area (Å²) in [6.45, 7) is 3.80. The van der Waals surface area contributed by atoms with Gasteiger partial charge in [-0.15, -0.1) is 11.6 Å². The predicted octanol–water partition coefficient (Wildman–Crippen LogP) is 3.02. The summed E-state index contributed by atoms with van der Waals surface area (Å²) < 4.78 is 0. The number of hydrogen-bond donors (Lipinski definition) is 1. The third-order valence-electron chi connectivity index (χ3n) is 3.24. The zero-order chi connectivity index (χ0) is 13.3. The van der Waals surface area contributed by atoms with Gasteiger partial charge in [0, 0.05) is 29.0 Å². The molecule has 0 atom stereocenters. The SMILES string of the molecule is CC1(C)Cc2cc(C(=O)CCCl)ccc2NC1=O. The Hall–Kier alpha value is -1.35. The van der Waals surface area contributed by atoms with E-state index >= 15 is 0 Å². The number of Topliss-reactive ketones (excluding diaryl/α,β-unsaturated/α-hetero) is 1. The highest BCUT2D eigenvalue weighted by Gasteiger charge is 2.33. The highest BCUT2D eigenvalue weighted by Crippen LogP contribution is 2.33. The van der Waals surface area contributed by atoms with Crippen molar-refractivity contribution in [2.45, 2.75) is 26.7 Å². The molecule has 1 aliphatic heterocycles. The number of ketones is 1. The molecule has 0 fully saturated rings. The van der Waals surface area contributed by atoms with E-state index in [0.29, 0.717) is 24.3 Å². The number of rotatable bonds is 3. The molecular formula is C14H16ClNO2. The van der Waals surface area contributed by atoms with Crippen molar-refractivity contribution in [1.29, 1.82) is 0 Å². The molecule has 1 aromatic carbocycles. The van der Waals surface area contributed by atoms with Crippen LogP contribution in [0.4, 0.5) is 5.69 Å². The fraction of sp³-hybridized carbons (Fsp3) is 0.429. The molecule has 0 saturated heterocycles. The second-order valence-corrected chi connectivity index (χ2v) is 5.63. The number of alkyl halides is 1. The maximum Gasteiger partial charge on any atom is 0.230 e. The van der Waals surface area contributed by atoms with Crippen LogP contribution in [0.3, 0.4) is 0 Å². The van der Waals surface area contributed by atoms with E-state index in [0.717, 1.165) is 11.3 Å². The Kier molecular flexibility index (Phi) is 3.44. The molecule has 1 amide bonds. The van der Waals surface area contributed by atoms with Crippen molar-refractivity contribution < 1.29 is 9.59 Å². The van der Waals surface area contributed by atoms with E-state index < -0.39 is 5.41 Å². The van der Waals surface area contributed by atoms with Crippen LogP contribution >= 0.6 is 11.6 Å². The molecule has 0 saturated carbocycles. The first-order valence-corrected chi connectivity index (χ1v) is 6.51. The van der Waals surface area contributed by atoms with E-state index in [1.54, 1.807) is 12.1 Å². The van der Waals surface area contributed by atoms with Crippen LogP contribution in [-0.2, 0) is 11.2 Å². The number of nitrogens with one attached hydrogen (secondary N) is 1. The third-order valence-corrected chi connectivity index (χ3v) is 3.43. The van der Waals surface area contributed by atoms with Gasteiger partial charge in [-0.25, -0.2) is 0 Å². The lowest BCUT2D eigenvalue weighted by molar-refractivity contribution is -0.124. The lowest BCUT2D eigenvalue weighted by Gasteiger charge is -2.30. The van der Waals surface area contributed by atoms with E-state index in [1.807, 2.05) is 19.9 Å². The summed E-state index contributed by atoms with van der Waals surface area (Å²) in [4.78, 5) is 23.6. The number of benzene rings is 1. The molecule has 0 spiro atoms. The molecule has 2 rings (SSSR count). The molecule has 18 heavy (non-hydrogen) atoms. The van der Waals surface area contributed by atoms with Crippen LogP contribution in [0.5, 0.6) is 0 Å². The first-order valence-electron chi connectivity index (χ1n) is 5.97. The summed E-state index contributed by atoms with van der Waals surface area (Å²) in [6.07, 6.45) is 0.992. The molecule has 0 bridgehead atoms. The monoisotopic (exact) mass is 265 g/mol. The number of halogens is 1. The quantitative estimate of drug-likeness (QED) is 0.675. The molecule has 0 aromatic heterocycles. The molecule has 0 radical (unpaired) electrons. The van der Waals surface area contributed by atoms with Crippen molar-refractivity contribution in [3.05, 3.63) is 29.3 Å². The average Bonchev–Trinajstić information content (AvgIpc) is 2.30. The molecule has 0 unspecified atom stereocenters. The van der Waals surface area contributed by atoms with Gasteiger partial charge in [-0.05, 0) is 30.2 Å².